The number of rotatable bonds is 3. The summed E-state index contributed by atoms with van der Waals surface area (Å²) in [7, 11) is 3.39. The molecule has 0 fully saturated rings. The molecule has 0 heterocycles. The Morgan fingerprint density at radius 3 is 2.29 bits per heavy atom. The first-order valence-electron chi connectivity index (χ1n) is 7.06. The maximum Gasteiger partial charge on any atom is 0.257 e. The zero-order chi connectivity index (χ0) is 17.7. The summed E-state index contributed by atoms with van der Waals surface area (Å²) in [4.78, 5) is 25.4. The van der Waals surface area contributed by atoms with Crippen molar-refractivity contribution in [1.29, 1.82) is 0 Å². The molecule has 0 atom stereocenters. The Labute approximate surface area is 154 Å². The number of nitrogens with zero attached hydrogens (tertiary/aromatic N) is 1. The smallest absolute Gasteiger partial charge is 0.257 e. The van der Waals surface area contributed by atoms with Crippen molar-refractivity contribution in [2.75, 3.05) is 19.4 Å². The van der Waals surface area contributed by atoms with Gasteiger partial charge in [0.15, 0.2) is 5.11 Å². The van der Waals surface area contributed by atoms with Gasteiger partial charge in [-0.05, 0) is 54.7 Å². The molecule has 0 aliphatic heterocycles. The van der Waals surface area contributed by atoms with Gasteiger partial charge in [0.1, 0.15) is 0 Å². The number of carbonyl (C=O) groups is 2. The van der Waals surface area contributed by atoms with Crippen LogP contribution in [0.3, 0.4) is 0 Å². The highest BCUT2D eigenvalue weighted by Crippen LogP contribution is 2.12. The van der Waals surface area contributed by atoms with Crippen molar-refractivity contribution in [3.63, 3.8) is 0 Å². The molecule has 24 heavy (non-hydrogen) atoms. The van der Waals surface area contributed by atoms with Gasteiger partial charge in [0, 0.05) is 35.4 Å². The van der Waals surface area contributed by atoms with E-state index in [0.29, 0.717) is 16.8 Å². The maximum absolute atomic E-state index is 12.1. The largest absolute Gasteiger partial charge is 0.345 e. The summed E-state index contributed by atoms with van der Waals surface area (Å²) >= 11 is 8.46. The Morgan fingerprint density at radius 1 is 1.04 bits per heavy atom. The lowest BCUT2D eigenvalue weighted by atomic mass is 10.2. The highest BCUT2D eigenvalue weighted by Gasteiger charge is 2.10. The normalized spacial score (nSPS) is 9.96. The molecule has 2 N–H and O–H groups in total. The van der Waals surface area contributed by atoms with Crippen molar-refractivity contribution in [3.8, 4) is 0 Å². The van der Waals surface area contributed by atoms with Crippen LogP contribution >= 0.6 is 28.1 Å². The molecule has 0 unspecified atom stereocenters. The minimum atomic E-state index is -0.298. The van der Waals surface area contributed by atoms with E-state index in [9.17, 15) is 9.59 Å². The van der Waals surface area contributed by atoms with E-state index in [2.05, 4.69) is 26.6 Å². The van der Waals surface area contributed by atoms with Crippen molar-refractivity contribution in [1.82, 2.24) is 10.2 Å². The number of halogens is 1. The van der Waals surface area contributed by atoms with E-state index in [1.165, 1.54) is 4.90 Å². The van der Waals surface area contributed by atoms with Crippen LogP contribution in [0.5, 0.6) is 0 Å². The SMILES string of the molecule is CN(C)C(=O)c1ccc(NC(=S)NC(=O)c2cccc(Br)c2)cc1. The van der Waals surface area contributed by atoms with E-state index in [0.717, 1.165) is 4.47 Å². The van der Waals surface area contributed by atoms with Crippen LogP contribution in [0.1, 0.15) is 20.7 Å². The van der Waals surface area contributed by atoms with Gasteiger partial charge in [-0.15, -0.1) is 0 Å². The molecule has 0 aromatic heterocycles. The molecular weight excluding hydrogens is 390 g/mol. The van der Waals surface area contributed by atoms with Gasteiger partial charge >= 0.3 is 0 Å². The number of hydrogen-bond donors (Lipinski definition) is 2. The highest BCUT2D eigenvalue weighted by atomic mass is 79.9. The minimum absolute atomic E-state index is 0.0768. The maximum atomic E-state index is 12.1. The third-order valence-electron chi connectivity index (χ3n) is 3.11. The van der Waals surface area contributed by atoms with E-state index in [1.807, 2.05) is 6.07 Å². The van der Waals surface area contributed by atoms with Crippen LogP contribution in [0.2, 0.25) is 0 Å². The van der Waals surface area contributed by atoms with E-state index in [1.54, 1.807) is 56.6 Å². The third-order valence-corrected chi connectivity index (χ3v) is 3.81. The first kappa shape index (κ1) is 18.1. The fraction of sp³-hybridized carbons (Fsp3) is 0.118. The summed E-state index contributed by atoms with van der Waals surface area (Å²) in [6.45, 7) is 0. The van der Waals surface area contributed by atoms with Crippen LogP contribution < -0.4 is 10.6 Å². The Hall–Kier alpha value is -2.25. The van der Waals surface area contributed by atoms with E-state index in [-0.39, 0.29) is 16.9 Å². The molecule has 2 aromatic rings. The zero-order valence-electron chi connectivity index (χ0n) is 13.2. The number of nitrogens with one attached hydrogen (secondary N) is 2. The van der Waals surface area contributed by atoms with Crippen LogP contribution in [-0.4, -0.2) is 35.9 Å². The summed E-state index contributed by atoms with van der Waals surface area (Å²) in [6.07, 6.45) is 0. The van der Waals surface area contributed by atoms with Crippen molar-refractivity contribution < 1.29 is 9.59 Å². The summed E-state index contributed by atoms with van der Waals surface area (Å²) in [5.74, 6) is -0.375. The molecule has 0 saturated carbocycles. The quantitative estimate of drug-likeness (QED) is 0.769. The molecule has 0 aliphatic rings. The topological polar surface area (TPSA) is 61.4 Å². The summed E-state index contributed by atoms with van der Waals surface area (Å²) in [5, 5.41) is 5.72. The monoisotopic (exact) mass is 405 g/mol. The third kappa shape index (κ3) is 4.87. The fourth-order valence-electron chi connectivity index (χ4n) is 1.92. The summed E-state index contributed by atoms with van der Waals surface area (Å²) in [6, 6.07) is 13.9. The number of benzene rings is 2. The van der Waals surface area contributed by atoms with Crippen LogP contribution in [0.4, 0.5) is 5.69 Å². The molecule has 0 bridgehead atoms. The average molecular weight is 406 g/mol. The van der Waals surface area contributed by atoms with Gasteiger partial charge in [0.05, 0.1) is 0 Å². The molecule has 0 radical (unpaired) electrons. The van der Waals surface area contributed by atoms with Crippen LogP contribution in [0.25, 0.3) is 0 Å². The summed E-state index contributed by atoms with van der Waals surface area (Å²) in [5.41, 5.74) is 1.76. The first-order chi connectivity index (χ1) is 11.4. The molecule has 7 heteroatoms. The van der Waals surface area contributed by atoms with Crippen LogP contribution in [0.15, 0.2) is 53.0 Å². The number of hydrogen-bond acceptors (Lipinski definition) is 3. The lowest BCUT2D eigenvalue weighted by molar-refractivity contribution is 0.0827. The molecule has 2 aromatic carbocycles. The van der Waals surface area contributed by atoms with E-state index >= 15 is 0 Å². The van der Waals surface area contributed by atoms with Gasteiger partial charge in [0.25, 0.3) is 11.8 Å². The molecular formula is C17H16BrN3O2S. The van der Waals surface area contributed by atoms with Gasteiger partial charge in [-0.1, -0.05) is 22.0 Å². The van der Waals surface area contributed by atoms with Gasteiger partial charge in [-0.2, -0.15) is 0 Å². The molecule has 0 aliphatic carbocycles. The van der Waals surface area contributed by atoms with Crippen molar-refractivity contribution >= 4 is 50.8 Å². The Morgan fingerprint density at radius 2 is 1.71 bits per heavy atom. The lowest BCUT2D eigenvalue weighted by Crippen LogP contribution is -2.34. The number of thiocarbonyl (C=S) groups is 1. The van der Waals surface area contributed by atoms with Crippen molar-refractivity contribution in [2.45, 2.75) is 0 Å². The van der Waals surface area contributed by atoms with Gasteiger partial charge in [-0.3, -0.25) is 14.9 Å². The first-order valence-corrected chi connectivity index (χ1v) is 8.26. The molecule has 2 amide bonds. The van der Waals surface area contributed by atoms with E-state index < -0.39 is 0 Å². The minimum Gasteiger partial charge on any atom is -0.345 e. The Kier molecular flexibility index (Phi) is 6.05. The zero-order valence-corrected chi connectivity index (χ0v) is 15.6. The van der Waals surface area contributed by atoms with Gasteiger partial charge in [0.2, 0.25) is 0 Å². The second kappa shape index (κ2) is 8.03. The Bertz CT molecular complexity index is 776. The second-order valence-electron chi connectivity index (χ2n) is 5.20. The Balaban J connectivity index is 1.97. The van der Waals surface area contributed by atoms with Crippen molar-refractivity contribution in [3.05, 3.63) is 64.1 Å². The second-order valence-corrected chi connectivity index (χ2v) is 6.52. The van der Waals surface area contributed by atoms with Crippen LogP contribution in [0, 0.1) is 0 Å². The number of anilines is 1. The molecule has 0 spiro atoms. The standard InChI is InChI=1S/C17H16BrN3O2S/c1-21(2)16(23)11-6-8-14(9-7-11)19-17(24)20-15(22)12-4-3-5-13(18)10-12/h3-10H,1-2H3,(H2,19,20,22,24). The molecule has 0 saturated heterocycles. The predicted octanol–water partition coefficient (Wildman–Crippen LogP) is 3.28. The molecule has 2 rings (SSSR count). The predicted molar refractivity (Wildman–Crippen MR) is 102 cm³/mol. The van der Waals surface area contributed by atoms with Gasteiger partial charge in [-0.25, -0.2) is 0 Å². The average Bonchev–Trinajstić information content (AvgIpc) is 2.54. The van der Waals surface area contributed by atoms with Crippen molar-refractivity contribution in [2.24, 2.45) is 0 Å². The number of amides is 2. The number of carbonyl (C=O) groups excluding carboxylic acids is 2. The van der Waals surface area contributed by atoms with Crippen LogP contribution in [-0.2, 0) is 0 Å². The summed E-state index contributed by atoms with van der Waals surface area (Å²) < 4.78 is 0.815. The molecule has 5 nitrogen and oxygen atoms in total. The fourth-order valence-corrected chi connectivity index (χ4v) is 2.53. The van der Waals surface area contributed by atoms with Gasteiger partial charge < -0.3 is 10.2 Å². The lowest BCUT2D eigenvalue weighted by Gasteiger charge is -2.12. The van der Waals surface area contributed by atoms with E-state index in [4.69, 9.17) is 12.2 Å². The highest BCUT2D eigenvalue weighted by molar-refractivity contribution is 9.10. The molecule has 124 valence electrons.